The smallest absolute Gasteiger partial charge is 0.276 e. The van der Waals surface area contributed by atoms with Crippen molar-refractivity contribution < 1.29 is 4.79 Å². The summed E-state index contributed by atoms with van der Waals surface area (Å²) in [5.41, 5.74) is 1.64. The van der Waals surface area contributed by atoms with Crippen LogP contribution in [-0.4, -0.2) is 25.0 Å². The highest BCUT2D eigenvalue weighted by Gasteiger charge is 2.15. The molecule has 20 heavy (non-hydrogen) atoms. The van der Waals surface area contributed by atoms with Crippen molar-refractivity contribution in [3.05, 3.63) is 53.7 Å². The number of anilines is 2. The van der Waals surface area contributed by atoms with Crippen LogP contribution in [0.4, 0.5) is 11.5 Å². The van der Waals surface area contributed by atoms with E-state index in [9.17, 15) is 4.79 Å². The first kappa shape index (κ1) is 13.6. The SMILES string of the molecule is CNc1cccc(C(=O)N(C)c2ccc(C#N)cc2)n1. The number of amides is 1. The second kappa shape index (κ2) is 5.85. The fourth-order valence-corrected chi connectivity index (χ4v) is 1.74. The Morgan fingerprint density at radius 3 is 2.55 bits per heavy atom. The van der Waals surface area contributed by atoms with Crippen molar-refractivity contribution in [3.8, 4) is 6.07 Å². The summed E-state index contributed by atoms with van der Waals surface area (Å²) >= 11 is 0. The molecular formula is C15H14N4O. The lowest BCUT2D eigenvalue weighted by Gasteiger charge is -2.17. The molecule has 0 saturated carbocycles. The molecule has 0 aliphatic heterocycles. The fraction of sp³-hybridized carbons (Fsp3) is 0.133. The molecule has 0 radical (unpaired) electrons. The number of nitrogens with zero attached hydrogens (tertiary/aromatic N) is 3. The predicted octanol–water partition coefficient (Wildman–Crippen LogP) is 2.27. The summed E-state index contributed by atoms with van der Waals surface area (Å²) in [4.78, 5) is 18.1. The number of nitrogens with one attached hydrogen (secondary N) is 1. The second-order valence-corrected chi connectivity index (χ2v) is 4.18. The molecule has 0 aliphatic carbocycles. The number of benzene rings is 1. The Bertz CT molecular complexity index is 658. The highest BCUT2D eigenvalue weighted by atomic mass is 16.2. The molecule has 0 aliphatic rings. The van der Waals surface area contributed by atoms with E-state index in [0.29, 0.717) is 22.8 Å². The van der Waals surface area contributed by atoms with Crippen LogP contribution >= 0.6 is 0 Å². The van der Waals surface area contributed by atoms with Crippen LogP contribution in [0, 0.1) is 11.3 Å². The van der Waals surface area contributed by atoms with Gasteiger partial charge in [0.1, 0.15) is 11.5 Å². The Morgan fingerprint density at radius 2 is 1.95 bits per heavy atom. The first-order valence-electron chi connectivity index (χ1n) is 6.08. The van der Waals surface area contributed by atoms with Crippen molar-refractivity contribution in [1.29, 1.82) is 5.26 Å². The summed E-state index contributed by atoms with van der Waals surface area (Å²) in [5, 5.41) is 11.7. The normalized spacial score (nSPS) is 9.65. The molecule has 5 heteroatoms. The Labute approximate surface area is 117 Å². The molecule has 1 amide bonds. The van der Waals surface area contributed by atoms with E-state index in [1.807, 2.05) is 6.07 Å². The Morgan fingerprint density at radius 1 is 1.25 bits per heavy atom. The predicted molar refractivity (Wildman–Crippen MR) is 77.7 cm³/mol. The third kappa shape index (κ3) is 2.75. The number of aromatic nitrogens is 1. The van der Waals surface area contributed by atoms with Gasteiger partial charge in [-0.25, -0.2) is 4.98 Å². The van der Waals surface area contributed by atoms with Gasteiger partial charge >= 0.3 is 0 Å². The van der Waals surface area contributed by atoms with Crippen LogP contribution in [-0.2, 0) is 0 Å². The van der Waals surface area contributed by atoms with Gasteiger partial charge in [0, 0.05) is 19.8 Å². The Hall–Kier alpha value is -2.87. The largest absolute Gasteiger partial charge is 0.373 e. The van der Waals surface area contributed by atoms with Crippen LogP contribution in [0.25, 0.3) is 0 Å². The third-order valence-corrected chi connectivity index (χ3v) is 2.91. The second-order valence-electron chi connectivity index (χ2n) is 4.18. The highest BCUT2D eigenvalue weighted by Crippen LogP contribution is 2.16. The van der Waals surface area contributed by atoms with E-state index in [2.05, 4.69) is 10.3 Å². The van der Waals surface area contributed by atoms with Crippen LogP contribution in [0.15, 0.2) is 42.5 Å². The minimum absolute atomic E-state index is 0.202. The molecular weight excluding hydrogens is 252 g/mol. The van der Waals surface area contributed by atoms with Crippen molar-refractivity contribution in [3.63, 3.8) is 0 Å². The average Bonchev–Trinajstić information content (AvgIpc) is 2.53. The van der Waals surface area contributed by atoms with Gasteiger partial charge in [0.25, 0.3) is 5.91 Å². The van der Waals surface area contributed by atoms with Crippen molar-refractivity contribution in [2.75, 3.05) is 24.3 Å². The maximum atomic E-state index is 12.3. The monoisotopic (exact) mass is 266 g/mol. The number of pyridine rings is 1. The molecule has 2 aromatic rings. The van der Waals surface area contributed by atoms with Crippen molar-refractivity contribution in [1.82, 2.24) is 4.98 Å². The van der Waals surface area contributed by atoms with Gasteiger partial charge < -0.3 is 10.2 Å². The van der Waals surface area contributed by atoms with Crippen molar-refractivity contribution in [2.45, 2.75) is 0 Å². The molecule has 0 unspecified atom stereocenters. The number of hydrogen-bond acceptors (Lipinski definition) is 4. The summed E-state index contributed by atoms with van der Waals surface area (Å²) in [6, 6.07) is 14.1. The van der Waals surface area contributed by atoms with E-state index in [1.54, 1.807) is 56.6 Å². The van der Waals surface area contributed by atoms with Gasteiger partial charge in [0.15, 0.2) is 0 Å². The molecule has 100 valence electrons. The summed E-state index contributed by atoms with van der Waals surface area (Å²) in [7, 11) is 3.43. The maximum absolute atomic E-state index is 12.3. The molecule has 0 bridgehead atoms. The van der Waals surface area contributed by atoms with Gasteiger partial charge in [-0.1, -0.05) is 6.07 Å². The van der Waals surface area contributed by atoms with E-state index < -0.39 is 0 Å². The molecule has 1 aromatic carbocycles. The van der Waals surface area contributed by atoms with Gasteiger partial charge in [-0.05, 0) is 36.4 Å². The molecule has 0 saturated heterocycles. The van der Waals surface area contributed by atoms with E-state index >= 15 is 0 Å². The van der Waals surface area contributed by atoms with Crippen LogP contribution in [0.3, 0.4) is 0 Å². The first-order chi connectivity index (χ1) is 9.65. The summed E-state index contributed by atoms with van der Waals surface area (Å²) in [5.74, 6) is 0.441. The Balaban J connectivity index is 2.25. The number of nitriles is 1. The third-order valence-electron chi connectivity index (χ3n) is 2.91. The van der Waals surface area contributed by atoms with Gasteiger partial charge in [0.05, 0.1) is 11.6 Å². The maximum Gasteiger partial charge on any atom is 0.276 e. The lowest BCUT2D eigenvalue weighted by molar-refractivity contribution is 0.0988. The lowest BCUT2D eigenvalue weighted by Crippen LogP contribution is -2.27. The zero-order chi connectivity index (χ0) is 14.5. The molecule has 2 rings (SSSR count). The summed E-state index contributed by atoms with van der Waals surface area (Å²) in [6.07, 6.45) is 0. The van der Waals surface area contributed by atoms with Crippen LogP contribution < -0.4 is 10.2 Å². The molecule has 0 atom stereocenters. The minimum atomic E-state index is -0.202. The van der Waals surface area contributed by atoms with Gasteiger partial charge in [-0.15, -0.1) is 0 Å². The number of carbonyl (C=O) groups is 1. The average molecular weight is 266 g/mol. The van der Waals surface area contributed by atoms with Crippen LogP contribution in [0.2, 0.25) is 0 Å². The highest BCUT2D eigenvalue weighted by molar-refractivity contribution is 6.04. The Kier molecular flexibility index (Phi) is 3.96. The molecule has 0 fully saturated rings. The minimum Gasteiger partial charge on any atom is -0.373 e. The standard InChI is InChI=1S/C15H14N4O/c1-17-14-5-3-4-13(18-14)15(20)19(2)12-8-6-11(10-16)7-9-12/h3-9H,1-2H3,(H,17,18). The molecule has 5 nitrogen and oxygen atoms in total. The summed E-state index contributed by atoms with van der Waals surface area (Å²) in [6.45, 7) is 0. The molecule has 1 N–H and O–H groups in total. The molecule has 1 heterocycles. The van der Waals surface area contributed by atoms with E-state index in [0.717, 1.165) is 0 Å². The lowest BCUT2D eigenvalue weighted by atomic mass is 10.2. The fourth-order valence-electron chi connectivity index (χ4n) is 1.74. The van der Waals surface area contributed by atoms with E-state index in [4.69, 9.17) is 5.26 Å². The molecule has 0 spiro atoms. The quantitative estimate of drug-likeness (QED) is 0.925. The van der Waals surface area contributed by atoms with Crippen molar-refractivity contribution in [2.24, 2.45) is 0 Å². The zero-order valence-corrected chi connectivity index (χ0v) is 11.3. The molecule has 1 aromatic heterocycles. The topological polar surface area (TPSA) is 69.0 Å². The van der Waals surface area contributed by atoms with Gasteiger partial charge in [-0.3, -0.25) is 4.79 Å². The van der Waals surface area contributed by atoms with E-state index in [1.165, 1.54) is 4.90 Å². The number of rotatable bonds is 3. The van der Waals surface area contributed by atoms with Crippen LogP contribution in [0.5, 0.6) is 0 Å². The zero-order valence-electron chi connectivity index (χ0n) is 11.3. The number of carbonyl (C=O) groups excluding carboxylic acids is 1. The summed E-state index contributed by atoms with van der Waals surface area (Å²) < 4.78 is 0. The van der Waals surface area contributed by atoms with Gasteiger partial charge in [0.2, 0.25) is 0 Å². The number of hydrogen-bond donors (Lipinski definition) is 1. The van der Waals surface area contributed by atoms with E-state index in [-0.39, 0.29) is 5.91 Å². The van der Waals surface area contributed by atoms with Crippen LogP contribution in [0.1, 0.15) is 16.1 Å². The first-order valence-corrected chi connectivity index (χ1v) is 6.08. The van der Waals surface area contributed by atoms with Crippen molar-refractivity contribution >= 4 is 17.4 Å². The van der Waals surface area contributed by atoms with Gasteiger partial charge in [-0.2, -0.15) is 5.26 Å².